The molecule has 59 valence electrons. The molecule has 1 aromatic heterocycles. The minimum Gasteiger partial charge on any atom is -0.234 e. The summed E-state index contributed by atoms with van der Waals surface area (Å²) in [5.41, 5.74) is -0.915. The molecule has 0 saturated heterocycles. The van der Waals surface area contributed by atoms with Crippen LogP contribution in [0.25, 0.3) is 0 Å². The maximum atomic E-state index is 11.8. The van der Waals surface area contributed by atoms with Crippen molar-refractivity contribution in [3.8, 4) is 0 Å². The van der Waals surface area contributed by atoms with Crippen LogP contribution in [-0.4, -0.2) is 4.98 Å². The summed E-state index contributed by atoms with van der Waals surface area (Å²) < 4.78 is 35.4. The van der Waals surface area contributed by atoms with Crippen molar-refractivity contribution in [1.29, 1.82) is 0 Å². The number of rotatable bonds is 0. The number of alkyl halides is 3. The molecule has 0 aliphatic carbocycles. The van der Waals surface area contributed by atoms with E-state index in [1.807, 2.05) is 0 Å². The third-order valence-electron chi connectivity index (χ3n) is 0.976. The molecule has 1 radical (unpaired) electrons. The molecule has 0 unspecified atom stereocenters. The predicted molar refractivity (Wildman–Crippen MR) is 33.1 cm³/mol. The normalized spacial score (nSPS) is 11.6. The molecule has 1 aromatic rings. The lowest BCUT2D eigenvalue weighted by Gasteiger charge is -2.03. The number of hydrogen-bond acceptors (Lipinski definition) is 1. The lowest BCUT2D eigenvalue weighted by Crippen LogP contribution is -2.05. The standard InChI is InChI=1S/C6H2ClF3N/c7-5-2-1-4(3-11-5)6(8,9)10/h1-2H. The number of hydrogen-bond donors (Lipinski definition) is 0. The average molecular weight is 181 g/mol. The minimum absolute atomic E-state index is 0.00185. The van der Waals surface area contributed by atoms with Gasteiger partial charge in [-0.15, -0.1) is 0 Å². The van der Waals surface area contributed by atoms with Gasteiger partial charge in [0.25, 0.3) is 0 Å². The van der Waals surface area contributed by atoms with Crippen molar-refractivity contribution in [2.24, 2.45) is 0 Å². The van der Waals surface area contributed by atoms with Gasteiger partial charge in [0, 0.05) is 0 Å². The van der Waals surface area contributed by atoms with Crippen LogP contribution >= 0.6 is 11.6 Å². The van der Waals surface area contributed by atoms with Crippen LogP contribution in [0.2, 0.25) is 5.15 Å². The molecule has 0 aliphatic rings. The van der Waals surface area contributed by atoms with E-state index in [0.717, 1.165) is 12.1 Å². The van der Waals surface area contributed by atoms with Crippen molar-refractivity contribution >= 4 is 11.6 Å². The Morgan fingerprint density at radius 3 is 2.36 bits per heavy atom. The van der Waals surface area contributed by atoms with Gasteiger partial charge in [0.05, 0.1) is 5.56 Å². The van der Waals surface area contributed by atoms with Crippen LogP contribution in [0.4, 0.5) is 13.2 Å². The second-order valence-electron chi connectivity index (χ2n) is 1.79. The second-order valence-corrected chi connectivity index (χ2v) is 2.18. The summed E-state index contributed by atoms with van der Waals surface area (Å²) in [6, 6.07) is 1.90. The van der Waals surface area contributed by atoms with Gasteiger partial charge in [0.2, 0.25) is 0 Å². The SMILES string of the molecule is FC(F)(F)c1[c]nc(Cl)cc1. The van der Waals surface area contributed by atoms with E-state index in [1.165, 1.54) is 0 Å². The van der Waals surface area contributed by atoms with Crippen LogP contribution in [-0.2, 0) is 6.18 Å². The fourth-order valence-corrected chi connectivity index (χ4v) is 0.603. The molecule has 1 nitrogen and oxygen atoms in total. The zero-order chi connectivity index (χ0) is 8.48. The van der Waals surface area contributed by atoms with Gasteiger partial charge in [0.1, 0.15) is 11.3 Å². The van der Waals surface area contributed by atoms with Crippen LogP contribution < -0.4 is 0 Å². The maximum Gasteiger partial charge on any atom is 0.418 e. The van der Waals surface area contributed by atoms with Crippen LogP contribution in [0.5, 0.6) is 0 Å². The molecule has 0 atom stereocenters. The van der Waals surface area contributed by atoms with Crippen LogP contribution in [0.15, 0.2) is 12.1 Å². The zero-order valence-electron chi connectivity index (χ0n) is 5.11. The first-order chi connectivity index (χ1) is 5.00. The molecule has 5 heteroatoms. The highest BCUT2D eigenvalue weighted by Crippen LogP contribution is 2.28. The topological polar surface area (TPSA) is 12.9 Å². The van der Waals surface area contributed by atoms with Gasteiger partial charge in [-0.05, 0) is 12.1 Å². The number of nitrogens with zero attached hydrogens (tertiary/aromatic N) is 1. The van der Waals surface area contributed by atoms with E-state index in [0.29, 0.717) is 0 Å². The van der Waals surface area contributed by atoms with Crippen LogP contribution in [0.1, 0.15) is 5.56 Å². The largest absolute Gasteiger partial charge is 0.418 e. The quantitative estimate of drug-likeness (QED) is 0.559. The summed E-state index contributed by atoms with van der Waals surface area (Å²) in [5, 5.41) is -0.00185. The highest BCUT2D eigenvalue weighted by Gasteiger charge is 2.30. The molecule has 0 saturated carbocycles. The smallest absolute Gasteiger partial charge is 0.234 e. The zero-order valence-corrected chi connectivity index (χ0v) is 5.87. The molecule has 0 spiro atoms. The van der Waals surface area contributed by atoms with E-state index >= 15 is 0 Å². The van der Waals surface area contributed by atoms with E-state index in [9.17, 15) is 13.2 Å². The van der Waals surface area contributed by atoms with Crippen LogP contribution in [0, 0.1) is 6.20 Å². The lowest BCUT2D eigenvalue weighted by atomic mass is 10.3. The first kappa shape index (κ1) is 8.33. The highest BCUT2D eigenvalue weighted by molar-refractivity contribution is 6.29. The van der Waals surface area contributed by atoms with Gasteiger partial charge >= 0.3 is 6.18 Å². The van der Waals surface area contributed by atoms with Crippen LogP contribution in [0.3, 0.4) is 0 Å². The fraction of sp³-hybridized carbons (Fsp3) is 0.167. The van der Waals surface area contributed by atoms with E-state index in [-0.39, 0.29) is 5.15 Å². The maximum absolute atomic E-state index is 11.8. The molecule has 0 aromatic carbocycles. The average Bonchev–Trinajstić information content (AvgIpc) is 1.86. The second kappa shape index (κ2) is 2.70. The van der Waals surface area contributed by atoms with Crippen molar-refractivity contribution in [2.45, 2.75) is 6.18 Å². The Morgan fingerprint density at radius 1 is 1.36 bits per heavy atom. The number of halogens is 4. The van der Waals surface area contributed by atoms with Gasteiger partial charge in [-0.2, -0.15) is 13.2 Å². The minimum atomic E-state index is -4.39. The molecule has 11 heavy (non-hydrogen) atoms. The first-order valence-corrected chi connectivity index (χ1v) is 2.99. The Morgan fingerprint density at radius 2 is 2.00 bits per heavy atom. The molecule has 1 rings (SSSR count). The van der Waals surface area contributed by atoms with E-state index < -0.39 is 11.7 Å². The Balaban J connectivity index is 2.99. The molecule has 0 amide bonds. The summed E-state index contributed by atoms with van der Waals surface area (Å²) >= 11 is 5.25. The van der Waals surface area contributed by atoms with Gasteiger partial charge < -0.3 is 0 Å². The molecule has 1 heterocycles. The highest BCUT2D eigenvalue weighted by atomic mass is 35.5. The number of aromatic nitrogens is 1. The van der Waals surface area contributed by atoms with Crippen molar-refractivity contribution < 1.29 is 13.2 Å². The number of pyridine rings is 1. The monoisotopic (exact) mass is 180 g/mol. The van der Waals surface area contributed by atoms with E-state index in [2.05, 4.69) is 4.98 Å². The molecule has 0 N–H and O–H groups in total. The van der Waals surface area contributed by atoms with E-state index in [1.54, 1.807) is 6.20 Å². The van der Waals surface area contributed by atoms with Gasteiger partial charge in [0.15, 0.2) is 0 Å². The van der Waals surface area contributed by atoms with Crippen molar-refractivity contribution in [1.82, 2.24) is 4.98 Å². The third kappa shape index (κ3) is 2.08. The van der Waals surface area contributed by atoms with Crippen molar-refractivity contribution in [3.63, 3.8) is 0 Å². The Labute approximate surface area is 65.8 Å². The first-order valence-electron chi connectivity index (χ1n) is 2.61. The molecule has 0 aliphatic heterocycles. The van der Waals surface area contributed by atoms with Crippen molar-refractivity contribution in [3.05, 3.63) is 29.0 Å². The van der Waals surface area contributed by atoms with Crippen molar-refractivity contribution in [2.75, 3.05) is 0 Å². The Hall–Kier alpha value is -0.770. The molecular weight excluding hydrogens is 179 g/mol. The summed E-state index contributed by atoms with van der Waals surface area (Å²) in [4.78, 5) is 3.17. The van der Waals surface area contributed by atoms with E-state index in [4.69, 9.17) is 11.6 Å². The molecule has 0 fully saturated rings. The van der Waals surface area contributed by atoms with Gasteiger partial charge in [-0.1, -0.05) is 11.6 Å². The predicted octanol–water partition coefficient (Wildman–Crippen LogP) is 2.55. The summed E-state index contributed by atoms with van der Waals surface area (Å²) in [6.45, 7) is 0. The Kier molecular flexibility index (Phi) is 2.04. The van der Waals surface area contributed by atoms with Gasteiger partial charge in [-0.25, -0.2) is 4.98 Å². The summed E-state index contributed by atoms with van der Waals surface area (Å²) in [5.74, 6) is 0. The third-order valence-corrected chi connectivity index (χ3v) is 1.19. The summed E-state index contributed by atoms with van der Waals surface area (Å²) in [7, 11) is 0. The Bertz CT molecular complexity index is 241. The molecular formula is C6H2ClF3N. The molecule has 0 bridgehead atoms. The lowest BCUT2D eigenvalue weighted by molar-refractivity contribution is -0.138. The fourth-order valence-electron chi connectivity index (χ4n) is 0.498. The summed E-state index contributed by atoms with van der Waals surface area (Å²) in [6.07, 6.45) is -2.62. The van der Waals surface area contributed by atoms with Gasteiger partial charge in [-0.3, -0.25) is 0 Å².